The highest BCUT2D eigenvalue weighted by Crippen LogP contribution is 2.29. The zero-order valence-electron chi connectivity index (χ0n) is 20.5. The van der Waals surface area contributed by atoms with E-state index in [1.165, 1.54) is 9.13 Å². The Morgan fingerprint density at radius 2 is 1.92 bits per heavy atom. The van der Waals surface area contributed by atoms with Crippen LogP contribution in [0, 0.1) is 0 Å². The average molecular weight is 491 g/mol. The summed E-state index contributed by atoms with van der Waals surface area (Å²) in [7, 11) is 3.36. The van der Waals surface area contributed by atoms with E-state index in [-0.39, 0.29) is 30.7 Å². The molecule has 9 heteroatoms. The number of amides is 1. The van der Waals surface area contributed by atoms with Gasteiger partial charge >= 0.3 is 5.69 Å². The molecule has 2 aromatic heterocycles. The first-order valence-corrected chi connectivity index (χ1v) is 12.2. The molecule has 1 aliphatic heterocycles. The van der Waals surface area contributed by atoms with E-state index in [0.29, 0.717) is 41.7 Å². The monoisotopic (exact) mass is 490 g/mol. The van der Waals surface area contributed by atoms with Crippen molar-refractivity contribution in [3.05, 3.63) is 74.9 Å². The van der Waals surface area contributed by atoms with Crippen LogP contribution in [0.25, 0.3) is 21.9 Å². The fourth-order valence-corrected chi connectivity index (χ4v) is 4.97. The second-order valence-electron chi connectivity index (χ2n) is 9.14. The largest absolute Gasteiger partial charge is 0.497 e. The predicted molar refractivity (Wildman–Crippen MR) is 138 cm³/mol. The van der Waals surface area contributed by atoms with Crippen molar-refractivity contribution in [3.8, 4) is 5.75 Å². The molecule has 0 spiro atoms. The highest BCUT2D eigenvalue weighted by atomic mass is 16.5. The Morgan fingerprint density at radius 1 is 1.11 bits per heavy atom. The molecule has 1 fully saturated rings. The summed E-state index contributed by atoms with van der Waals surface area (Å²) in [6.07, 6.45) is 2.39. The molecular weight excluding hydrogens is 460 g/mol. The van der Waals surface area contributed by atoms with Crippen molar-refractivity contribution in [3.63, 3.8) is 0 Å². The minimum atomic E-state index is -0.508. The van der Waals surface area contributed by atoms with Gasteiger partial charge in [0.25, 0.3) is 5.56 Å². The van der Waals surface area contributed by atoms with Crippen LogP contribution >= 0.6 is 0 Å². The third kappa shape index (κ3) is 4.42. The van der Waals surface area contributed by atoms with Crippen molar-refractivity contribution in [2.24, 2.45) is 7.05 Å². The van der Waals surface area contributed by atoms with Gasteiger partial charge in [-0.2, -0.15) is 0 Å². The Morgan fingerprint density at radius 3 is 2.64 bits per heavy atom. The van der Waals surface area contributed by atoms with E-state index in [0.717, 1.165) is 23.9 Å². The fourth-order valence-electron chi connectivity index (χ4n) is 4.97. The molecule has 0 bridgehead atoms. The molecule has 3 heterocycles. The van der Waals surface area contributed by atoms with Crippen LogP contribution in [-0.2, 0) is 36.1 Å². The number of hydrogen-bond donors (Lipinski definition) is 1. The van der Waals surface area contributed by atoms with E-state index < -0.39 is 5.69 Å². The van der Waals surface area contributed by atoms with Crippen LogP contribution in [0.2, 0.25) is 0 Å². The highest BCUT2D eigenvalue weighted by molar-refractivity contribution is 6.06. The molecule has 2 aromatic carbocycles. The number of nitrogens with zero attached hydrogens (tertiary/aromatic N) is 3. The van der Waals surface area contributed by atoms with Gasteiger partial charge in [0.15, 0.2) is 0 Å². The number of aromatic nitrogens is 3. The first kappa shape index (κ1) is 23.9. The third-order valence-electron chi connectivity index (χ3n) is 6.88. The van der Waals surface area contributed by atoms with E-state index in [4.69, 9.17) is 9.47 Å². The van der Waals surface area contributed by atoms with Crippen molar-refractivity contribution in [1.82, 2.24) is 19.0 Å². The van der Waals surface area contributed by atoms with Crippen molar-refractivity contribution in [1.29, 1.82) is 0 Å². The lowest BCUT2D eigenvalue weighted by molar-refractivity contribution is -0.122. The lowest BCUT2D eigenvalue weighted by atomic mass is 10.1. The molecule has 4 aromatic rings. The van der Waals surface area contributed by atoms with Crippen molar-refractivity contribution >= 4 is 27.8 Å². The number of carbonyl (C=O) groups excluding carboxylic acids is 1. The van der Waals surface area contributed by atoms with Gasteiger partial charge in [-0.25, -0.2) is 4.79 Å². The highest BCUT2D eigenvalue weighted by Gasteiger charge is 2.23. The maximum absolute atomic E-state index is 13.7. The number of fused-ring (bicyclic) bond motifs is 3. The molecule has 1 saturated heterocycles. The first-order chi connectivity index (χ1) is 17.5. The number of nitrogens with one attached hydrogen (secondary N) is 1. The van der Waals surface area contributed by atoms with Crippen LogP contribution in [-0.4, -0.2) is 46.0 Å². The molecule has 0 aliphatic carbocycles. The smallest absolute Gasteiger partial charge is 0.332 e. The van der Waals surface area contributed by atoms with Gasteiger partial charge in [-0.05, 0) is 43.0 Å². The van der Waals surface area contributed by atoms with Gasteiger partial charge in [0.1, 0.15) is 17.8 Å². The zero-order valence-corrected chi connectivity index (χ0v) is 20.5. The summed E-state index contributed by atoms with van der Waals surface area (Å²) in [5, 5.41) is 3.58. The topological polar surface area (TPSA) is 96.5 Å². The van der Waals surface area contributed by atoms with Gasteiger partial charge < -0.3 is 19.4 Å². The fraction of sp³-hybridized carbons (Fsp3) is 0.370. The molecule has 9 nitrogen and oxygen atoms in total. The molecular formula is C27H30N4O5. The van der Waals surface area contributed by atoms with Crippen LogP contribution < -0.4 is 21.3 Å². The Bertz CT molecular complexity index is 1530. The molecule has 0 unspecified atom stereocenters. The Labute approximate surface area is 207 Å². The van der Waals surface area contributed by atoms with E-state index in [1.807, 2.05) is 42.5 Å². The number of methoxy groups -OCH3 is 1. The molecule has 1 N–H and O–H groups in total. The van der Waals surface area contributed by atoms with Gasteiger partial charge in [0, 0.05) is 32.1 Å². The van der Waals surface area contributed by atoms with Crippen LogP contribution in [0.4, 0.5) is 0 Å². The van der Waals surface area contributed by atoms with Crippen LogP contribution in [0.5, 0.6) is 5.75 Å². The number of ether oxygens (including phenoxy) is 2. The maximum atomic E-state index is 13.7. The quantitative estimate of drug-likeness (QED) is 0.409. The molecule has 1 aliphatic rings. The number of hydrogen-bond acceptors (Lipinski definition) is 5. The second kappa shape index (κ2) is 10.0. The van der Waals surface area contributed by atoms with Crippen molar-refractivity contribution in [2.75, 3.05) is 20.3 Å². The standard InChI is InChI=1S/C27H30N4O5/c1-29-22-11-10-19(35-2)15-21(22)24-25(29)26(33)30(13-12-18-7-4-3-5-8-18)27(34)31(24)17-23(32)28-16-20-9-6-14-36-20/h3-5,7-8,10-11,15,20H,6,9,12-14,16-17H2,1-2H3,(H,28,32)/t20-/m1/s1. The normalized spacial score (nSPS) is 15.6. The summed E-state index contributed by atoms with van der Waals surface area (Å²) >= 11 is 0. The number of benzene rings is 2. The zero-order chi connectivity index (χ0) is 25.2. The van der Waals surface area contributed by atoms with E-state index in [1.54, 1.807) is 24.8 Å². The average Bonchev–Trinajstić information content (AvgIpc) is 3.52. The summed E-state index contributed by atoms with van der Waals surface area (Å²) in [5.74, 6) is 0.298. The lowest BCUT2D eigenvalue weighted by Crippen LogP contribution is -2.44. The molecule has 188 valence electrons. The number of aryl methyl sites for hydroxylation is 2. The van der Waals surface area contributed by atoms with Gasteiger partial charge in [0.2, 0.25) is 5.91 Å². The summed E-state index contributed by atoms with van der Waals surface area (Å²) in [5.41, 5.74) is 1.72. The third-order valence-corrected chi connectivity index (χ3v) is 6.88. The summed E-state index contributed by atoms with van der Waals surface area (Å²) in [6.45, 7) is 1.10. The molecule has 1 amide bonds. The molecule has 5 rings (SSSR count). The predicted octanol–water partition coefficient (Wildman–Crippen LogP) is 2.20. The van der Waals surface area contributed by atoms with Crippen LogP contribution in [0.1, 0.15) is 18.4 Å². The van der Waals surface area contributed by atoms with Crippen molar-refractivity contribution < 1.29 is 14.3 Å². The molecule has 0 radical (unpaired) electrons. The lowest BCUT2D eigenvalue weighted by Gasteiger charge is -2.15. The molecule has 1 atom stereocenters. The van der Waals surface area contributed by atoms with Crippen molar-refractivity contribution in [2.45, 2.75) is 38.5 Å². The number of carbonyl (C=O) groups is 1. The van der Waals surface area contributed by atoms with Gasteiger partial charge in [-0.3, -0.25) is 18.7 Å². The summed E-state index contributed by atoms with van der Waals surface area (Å²) in [6, 6.07) is 15.2. The Kier molecular flexibility index (Phi) is 6.65. The maximum Gasteiger partial charge on any atom is 0.332 e. The van der Waals surface area contributed by atoms with E-state index >= 15 is 0 Å². The first-order valence-electron chi connectivity index (χ1n) is 12.2. The molecule has 36 heavy (non-hydrogen) atoms. The number of rotatable bonds is 8. The Balaban J connectivity index is 1.61. The van der Waals surface area contributed by atoms with Crippen LogP contribution in [0.15, 0.2) is 58.1 Å². The summed E-state index contributed by atoms with van der Waals surface area (Å²) < 4.78 is 15.4. The second-order valence-corrected chi connectivity index (χ2v) is 9.14. The van der Waals surface area contributed by atoms with E-state index in [9.17, 15) is 14.4 Å². The SMILES string of the molecule is COc1ccc2c(c1)c1c(c(=O)n(CCc3ccccc3)c(=O)n1CC(=O)NC[C@H]1CCCO1)n2C. The minimum Gasteiger partial charge on any atom is -0.497 e. The minimum absolute atomic E-state index is 0.00710. The van der Waals surface area contributed by atoms with Gasteiger partial charge in [0.05, 0.1) is 24.2 Å². The Hall–Kier alpha value is -3.85. The molecule has 0 saturated carbocycles. The van der Waals surface area contributed by atoms with E-state index in [2.05, 4.69) is 5.32 Å². The van der Waals surface area contributed by atoms with Gasteiger partial charge in [-0.1, -0.05) is 30.3 Å². The summed E-state index contributed by atoms with van der Waals surface area (Å²) in [4.78, 5) is 40.3. The van der Waals surface area contributed by atoms with Gasteiger partial charge in [-0.15, -0.1) is 0 Å². The van der Waals surface area contributed by atoms with Crippen LogP contribution in [0.3, 0.4) is 0 Å².